The Hall–Kier alpha value is -2.92. The molecule has 3 rings (SSSR count). The number of aromatic nitrogens is 3. The molecule has 0 bridgehead atoms. The van der Waals surface area contributed by atoms with Gasteiger partial charge in [-0.3, -0.25) is 4.79 Å². The molecule has 1 atom stereocenters. The molecule has 26 heavy (non-hydrogen) atoms. The van der Waals surface area contributed by atoms with Crippen molar-refractivity contribution in [1.29, 1.82) is 5.26 Å². The summed E-state index contributed by atoms with van der Waals surface area (Å²) in [5.41, 5.74) is 2.10. The van der Waals surface area contributed by atoms with Gasteiger partial charge in [0.25, 0.3) is 5.56 Å². The van der Waals surface area contributed by atoms with Crippen molar-refractivity contribution in [2.75, 3.05) is 36.5 Å². The Morgan fingerprint density at radius 2 is 2.31 bits per heavy atom. The van der Waals surface area contributed by atoms with E-state index >= 15 is 0 Å². The lowest BCUT2D eigenvalue weighted by atomic mass is 10.2. The molecule has 0 aromatic carbocycles. The van der Waals surface area contributed by atoms with E-state index in [0.717, 1.165) is 24.3 Å². The Morgan fingerprint density at radius 1 is 1.46 bits per heavy atom. The van der Waals surface area contributed by atoms with E-state index in [1.54, 1.807) is 25.4 Å². The number of nitrogens with zero attached hydrogens (tertiary/aromatic N) is 5. The van der Waals surface area contributed by atoms with Crippen molar-refractivity contribution in [2.45, 2.75) is 19.4 Å². The predicted octanol–water partition coefficient (Wildman–Crippen LogP) is 1.06. The van der Waals surface area contributed by atoms with Crippen LogP contribution in [0.4, 0.5) is 11.5 Å². The summed E-state index contributed by atoms with van der Waals surface area (Å²) in [7, 11) is 1.63. The normalized spacial score (nSPS) is 17.0. The van der Waals surface area contributed by atoms with Crippen molar-refractivity contribution in [3.63, 3.8) is 0 Å². The van der Waals surface area contributed by atoms with Gasteiger partial charge in [0.2, 0.25) is 0 Å². The number of hydrogen-bond acceptors (Lipinski definition) is 7. The van der Waals surface area contributed by atoms with E-state index in [4.69, 9.17) is 10.00 Å². The molecule has 1 aliphatic heterocycles. The maximum atomic E-state index is 11.8. The van der Waals surface area contributed by atoms with E-state index in [9.17, 15) is 4.79 Å². The van der Waals surface area contributed by atoms with Gasteiger partial charge in [0.1, 0.15) is 11.9 Å². The van der Waals surface area contributed by atoms with E-state index in [1.807, 2.05) is 13.0 Å². The average Bonchev–Trinajstić information content (AvgIpc) is 2.64. The maximum absolute atomic E-state index is 11.8. The van der Waals surface area contributed by atoms with Crippen molar-refractivity contribution in [2.24, 2.45) is 7.05 Å². The molecule has 136 valence electrons. The lowest BCUT2D eigenvalue weighted by Gasteiger charge is -2.34. The third-order valence-electron chi connectivity index (χ3n) is 4.37. The number of rotatable bonds is 5. The number of nitriles is 1. The van der Waals surface area contributed by atoms with Gasteiger partial charge in [-0.05, 0) is 25.5 Å². The number of anilines is 2. The molecular weight excluding hydrogens is 332 g/mol. The zero-order valence-electron chi connectivity index (χ0n) is 15.0. The molecule has 2 aromatic heterocycles. The third-order valence-corrected chi connectivity index (χ3v) is 4.37. The van der Waals surface area contributed by atoms with E-state index in [2.05, 4.69) is 26.4 Å². The molecule has 0 unspecified atom stereocenters. The summed E-state index contributed by atoms with van der Waals surface area (Å²) in [6.07, 6.45) is 2.52. The van der Waals surface area contributed by atoms with Crippen molar-refractivity contribution in [3.05, 3.63) is 46.0 Å². The first-order chi connectivity index (χ1) is 12.6. The molecule has 1 fully saturated rings. The van der Waals surface area contributed by atoms with Gasteiger partial charge in [0.15, 0.2) is 0 Å². The predicted molar refractivity (Wildman–Crippen MR) is 98.2 cm³/mol. The summed E-state index contributed by atoms with van der Waals surface area (Å²) in [4.78, 5) is 18.3. The van der Waals surface area contributed by atoms with Crippen LogP contribution in [0, 0.1) is 18.3 Å². The molecule has 3 heterocycles. The molecule has 8 heteroatoms. The molecule has 0 amide bonds. The second-order valence-electron chi connectivity index (χ2n) is 6.29. The molecule has 8 nitrogen and oxygen atoms in total. The monoisotopic (exact) mass is 354 g/mol. The Morgan fingerprint density at radius 3 is 3.08 bits per heavy atom. The van der Waals surface area contributed by atoms with E-state index in [1.165, 1.54) is 4.68 Å². The maximum Gasteiger partial charge on any atom is 0.268 e. The number of nitrogens with one attached hydrogen (secondary N) is 1. The second-order valence-corrected chi connectivity index (χ2v) is 6.29. The zero-order chi connectivity index (χ0) is 18.5. The van der Waals surface area contributed by atoms with Gasteiger partial charge in [-0.1, -0.05) is 0 Å². The average molecular weight is 354 g/mol. The van der Waals surface area contributed by atoms with Crippen molar-refractivity contribution < 1.29 is 4.74 Å². The van der Waals surface area contributed by atoms with E-state index in [0.29, 0.717) is 31.1 Å². The van der Waals surface area contributed by atoms with Gasteiger partial charge < -0.3 is 15.0 Å². The van der Waals surface area contributed by atoms with Crippen molar-refractivity contribution in [3.8, 4) is 6.07 Å². The molecule has 0 spiro atoms. The SMILES string of the molecule is Cc1ccc(C#N)c(NCC[C@H]2CN(c3cnn(C)c(=O)c3)CCO2)n1. The number of pyridine rings is 1. The molecule has 1 N–H and O–H groups in total. The van der Waals surface area contributed by atoms with Crippen LogP contribution in [-0.2, 0) is 11.8 Å². The van der Waals surface area contributed by atoms with Crippen molar-refractivity contribution >= 4 is 11.5 Å². The highest BCUT2D eigenvalue weighted by Crippen LogP contribution is 2.17. The van der Waals surface area contributed by atoms with Gasteiger partial charge >= 0.3 is 0 Å². The van der Waals surface area contributed by atoms with Crippen LogP contribution in [0.3, 0.4) is 0 Å². The standard InChI is InChI=1S/C18H22N6O2/c1-13-3-4-14(10-19)18(22-13)20-6-5-16-12-24(7-8-26-16)15-9-17(25)23(2)21-11-15/h3-4,9,11,16H,5-8,12H2,1-2H3,(H,20,22)/t16-/m0/s1. The molecule has 2 aromatic rings. The fourth-order valence-corrected chi connectivity index (χ4v) is 2.89. The fraction of sp³-hybridized carbons (Fsp3) is 0.444. The Kier molecular flexibility index (Phi) is 5.49. The van der Waals surface area contributed by atoms with Gasteiger partial charge in [0.05, 0.1) is 30.2 Å². The highest BCUT2D eigenvalue weighted by Gasteiger charge is 2.21. The van der Waals surface area contributed by atoms with Gasteiger partial charge in [-0.2, -0.15) is 10.4 Å². The summed E-state index contributed by atoms with van der Waals surface area (Å²) in [6, 6.07) is 7.34. The first-order valence-corrected chi connectivity index (χ1v) is 8.58. The van der Waals surface area contributed by atoms with Crippen molar-refractivity contribution in [1.82, 2.24) is 14.8 Å². The molecule has 0 aliphatic carbocycles. The lowest BCUT2D eigenvalue weighted by molar-refractivity contribution is 0.0374. The summed E-state index contributed by atoms with van der Waals surface area (Å²) in [6.45, 7) is 4.58. The zero-order valence-corrected chi connectivity index (χ0v) is 15.0. The van der Waals surface area contributed by atoms with Crippen LogP contribution >= 0.6 is 0 Å². The van der Waals surface area contributed by atoms with Gasteiger partial charge in [-0.25, -0.2) is 9.67 Å². The summed E-state index contributed by atoms with van der Waals surface area (Å²) in [5, 5.41) is 16.5. The van der Waals surface area contributed by atoms with Crippen LogP contribution in [0.5, 0.6) is 0 Å². The number of hydrogen-bond donors (Lipinski definition) is 1. The van der Waals surface area contributed by atoms with E-state index in [-0.39, 0.29) is 11.7 Å². The van der Waals surface area contributed by atoms with Crippen LogP contribution in [0.25, 0.3) is 0 Å². The number of morpholine rings is 1. The molecular formula is C18H22N6O2. The quantitative estimate of drug-likeness (QED) is 0.858. The minimum absolute atomic E-state index is 0.0376. The topological polar surface area (TPSA) is 96.1 Å². The van der Waals surface area contributed by atoms with Crippen LogP contribution in [0.2, 0.25) is 0 Å². The van der Waals surface area contributed by atoms with Crippen LogP contribution in [-0.4, -0.2) is 47.1 Å². The lowest BCUT2D eigenvalue weighted by Crippen LogP contribution is -2.43. The summed E-state index contributed by atoms with van der Waals surface area (Å²) >= 11 is 0. The largest absolute Gasteiger partial charge is 0.374 e. The minimum Gasteiger partial charge on any atom is -0.374 e. The van der Waals surface area contributed by atoms with Crippen LogP contribution in [0.15, 0.2) is 29.2 Å². The number of ether oxygens (including phenoxy) is 1. The van der Waals surface area contributed by atoms with Gasteiger partial charge in [0, 0.05) is 38.4 Å². The first-order valence-electron chi connectivity index (χ1n) is 8.58. The third kappa shape index (κ3) is 4.18. The van der Waals surface area contributed by atoms with E-state index < -0.39 is 0 Å². The Balaban J connectivity index is 1.57. The summed E-state index contributed by atoms with van der Waals surface area (Å²) < 4.78 is 7.14. The Bertz CT molecular complexity index is 873. The van der Waals surface area contributed by atoms with Crippen LogP contribution in [0.1, 0.15) is 17.7 Å². The molecule has 1 aliphatic rings. The molecule has 1 saturated heterocycles. The Labute approximate surface area is 152 Å². The highest BCUT2D eigenvalue weighted by atomic mass is 16.5. The van der Waals surface area contributed by atoms with Crippen LogP contribution < -0.4 is 15.8 Å². The minimum atomic E-state index is -0.123. The molecule has 0 saturated carbocycles. The highest BCUT2D eigenvalue weighted by molar-refractivity contribution is 5.52. The molecule has 0 radical (unpaired) electrons. The summed E-state index contributed by atoms with van der Waals surface area (Å²) in [5.74, 6) is 0.607. The van der Waals surface area contributed by atoms with Gasteiger partial charge in [-0.15, -0.1) is 0 Å². The fourth-order valence-electron chi connectivity index (χ4n) is 2.89. The first kappa shape index (κ1) is 17.9. The smallest absolute Gasteiger partial charge is 0.268 e. The number of aryl methyl sites for hydroxylation is 2. The second kappa shape index (κ2) is 7.97.